The number of ether oxygens (including phenoxy) is 2. The Balaban J connectivity index is 1.65. The molecule has 0 saturated heterocycles. The van der Waals surface area contributed by atoms with Crippen LogP contribution in [0.2, 0.25) is 0 Å². The minimum absolute atomic E-state index is 0.0320. The summed E-state index contributed by atoms with van der Waals surface area (Å²) >= 11 is 0. The lowest BCUT2D eigenvalue weighted by atomic mass is 10.0. The molecule has 26 heavy (non-hydrogen) atoms. The van der Waals surface area contributed by atoms with Gasteiger partial charge in [0, 0.05) is 18.2 Å². The molecule has 0 unspecified atom stereocenters. The predicted molar refractivity (Wildman–Crippen MR) is 93.4 cm³/mol. The van der Waals surface area contributed by atoms with E-state index in [1.54, 1.807) is 30.3 Å². The highest BCUT2D eigenvalue weighted by atomic mass is 16.5. The molecule has 3 rings (SSSR count). The van der Waals surface area contributed by atoms with Crippen molar-refractivity contribution in [3.63, 3.8) is 0 Å². The molecule has 1 N–H and O–H groups in total. The van der Waals surface area contributed by atoms with Crippen molar-refractivity contribution >= 4 is 23.3 Å². The second kappa shape index (κ2) is 7.77. The van der Waals surface area contributed by atoms with Crippen LogP contribution >= 0.6 is 0 Å². The van der Waals surface area contributed by atoms with Crippen LogP contribution < -0.4 is 10.1 Å². The van der Waals surface area contributed by atoms with Gasteiger partial charge in [-0.05, 0) is 42.7 Å². The number of carbonyl (C=O) groups excluding carboxylic acids is 3. The number of nitrogens with one attached hydrogen (secondary N) is 1. The van der Waals surface area contributed by atoms with Crippen LogP contribution in [0.1, 0.15) is 39.3 Å². The maximum atomic E-state index is 12.2. The Morgan fingerprint density at radius 1 is 1.19 bits per heavy atom. The number of methoxy groups -OCH3 is 1. The van der Waals surface area contributed by atoms with Crippen LogP contribution in [0.15, 0.2) is 36.4 Å². The quantitative estimate of drug-likeness (QED) is 0.654. The largest absolute Gasteiger partial charge is 0.481 e. The zero-order valence-corrected chi connectivity index (χ0v) is 14.3. The molecule has 1 aliphatic rings. The summed E-state index contributed by atoms with van der Waals surface area (Å²) in [5, 5.41) is 2.81. The number of nitrogens with zero attached hydrogens (tertiary/aromatic N) is 1. The third-order valence-corrected chi connectivity index (χ3v) is 4.02. The highest BCUT2D eigenvalue weighted by Gasteiger charge is 2.17. The Morgan fingerprint density at radius 2 is 2.04 bits per heavy atom. The molecule has 2 aromatic rings. The van der Waals surface area contributed by atoms with Gasteiger partial charge in [0.15, 0.2) is 6.61 Å². The summed E-state index contributed by atoms with van der Waals surface area (Å²) in [6, 6.07) is 9.74. The highest BCUT2D eigenvalue weighted by Crippen LogP contribution is 2.23. The van der Waals surface area contributed by atoms with E-state index < -0.39 is 18.4 Å². The zero-order chi connectivity index (χ0) is 18.5. The number of aromatic nitrogens is 1. The fourth-order valence-electron chi connectivity index (χ4n) is 2.67. The number of rotatable bonds is 5. The summed E-state index contributed by atoms with van der Waals surface area (Å²) in [4.78, 5) is 39.9. The van der Waals surface area contributed by atoms with Crippen molar-refractivity contribution in [3.8, 4) is 5.88 Å². The van der Waals surface area contributed by atoms with E-state index in [1.165, 1.54) is 13.2 Å². The first kappa shape index (κ1) is 17.6. The van der Waals surface area contributed by atoms with Gasteiger partial charge < -0.3 is 14.8 Å². The van der Waals surface area contributed by atoms with Gasteiger partial charge in [0.25, 0.3) is 0 Å². The minimum Gasteiger partial charge on any atom is -0.481 e. The van der Waals surface area contributed by atoms with Gasteiger partial charge in [-0.15, -0.1) is 0 Å². The molecule has 7 nitrogen and oxygen atoms in total. The third kappa shape index (κ3) is 4.05. The highest BCUT2D eigenvalue weighted by molar-refractivity contribution is 5.98. The summed E-state index contributed by atoms with van der Waals surface area (Å²) in [6.07, 6.45) is 1.87. The van der Waals surface area contributed by atoms with E-state index in [-0.39, 0.29) is 11.6 Å². The smallest absolute Gasteiger partial charge is 0.338 e. The second-order valence-corrected chi connectivity index (χ2v) is 5.84. The van der Waals surface area contributed by atoms with Crippen LogP contribution in [0.25, 0.3) is 0 Å². The van der Waals surface area contributed by atoms with Gasteiger partial charge >= 0.3 is 5.97 Å². The molecule has 0 aliphatic carbocycles. The number of Topliss-reactive ketones (excluding diaryl/α,β-unsaturated/α-hetero) is 1. The maximum Gasteiger partial charge on any atom is 0.338 e. The maximum absolute atomic E-state index is 12.2. The predicted octanol–water partition coefficient (Wildman–Crippen LogP) is 2.40. The number of pyridine rings is 1. The standard InChI is InChI=1S/C19H18N2O5/c1-25-18-7-3-5-15(21-18)16(22)11-26-19(24)13-8-9-14-12(10-13)4-2-6-17(23)20-14/h3,5,7-10H,2,4,6,11H2,1H3,(H,20,23). The summed E-state index contributed by atoms with van der Waals surface area (Å²) in [7, 11) is 1.46. The zero-order valence-electron chi connectivity index (χ0n) is 14.3. The molecule has 134 valence electrons. The lowest BCUT2D eigenvalue weighted by Gasteiger charge is -2.09. The number of fused-ring (bicyclic) bond motifs is 1. The van der Waals surface area contributed by atoms with Crippen LogP contribution in [0, 0.1) is 0 Å². The average Bonchev–Trinajstić information content (AvgIpc) is 2.85. The van der Waals surface area contributed by atoms with E-state index >= 15 is 0 Å². The molecule has 0 saturated carbocycles. The van der Waals surface area contributed by atoms with Crippen LogP contribution in [0.3, 0.4) is 0 Å². The van der Waals surface area contributed by atoms with Gasteiger partial charge in [-0.2, -0.15) is 0 Å². The average molecular weight is 354 g/mol. The van der Waals surface area contributed by atoms with Crippen molar-refractivity contribution in [2.75, 3.05) is 19.0 Å². The minimum atomic E-state index is -0.598. The van der Waals surface area contributed by atoms with Gasteiger partial charge in [0.1, 0.15) is 5.69 Å². The molecule has 0 fully saturated rings. The topological polar surface area (TPSA) is 94.6 Å². The van der Waals surface area contributed by atoms with Crippen molar-refractivity contribution in [3.05, 3.63) is 53.2 Å². The number of aryl methyl sites for hydroxylation is 1. The van der Waals surface area contributed by atoms with Crippen LogP contribution in [-0.2, 0) is 16.0 Å². The first-order chi connectivity index (χ1) is 12.6. The first-order valence-corrected chi connectivity index (χ1v) is 8.21. The Labute approximate surface area is 150 Å². The van der Waals surface area contributed by atoms with E-state index in [0.717, 1.165) is 12.0 Å². The SMILES string of the molecule is COc1cccc(C(=O)COC(=O)c2ccc3c(c2)CCCC(=O)N3)n1. The number of hydrogen-bond donors (Lipinski definition) is 1. The fourth-order valence-corrected chi connectivity index (χ4v) is 2.67. The molecule has 1 aliphatic heterocycles. The summed E-state index contributed by atoms with van der Waals surface area (Å²) in [5.41, 5.74) is 2.10. The van der Waals surface area contributed by atoms with E-state index in [0.29, 0.717) is 30.0 Å². The van der Waals surface area contributed by atoms with E-state index in [9.17, 15) is 14.4 Å². The Bertz CT molecular complexity index is 863. The van der Waals surface area contributed by atoms with Gasteiger partial charge in [0.2, 0.25) is 17.6 Å². The van der Waals surface area contributed by atoms with Gasteiger partial charge in [0.05, 0.1) is 12.7 Å². The molecule has 1 aromatic heterocycles. The molecule has 2 heterocycles. The number of anilines is 1. The molecule has 7 heteroatoms. The van der Waals surface area contributed by atoms with Crippen LogP contribution in [0.5, 0.6) is 5.88 Å². The lowest BCUT2D eigenvalue weighted by Crippen LogP contribution is -2.16. The van der Waals surface area contributed by atoms with Crippen molar-refractivity contribution in [2.45, 2.75) is 19.3 Å². The Hall–Kier alpha value is -3.22. The summed E-state index contributed by atoms with van der Waals surface area (Å²) < 4.78 is 10.1. The van der Waals surface area contributed by atoms with Crippen molar-refractivity contribution in [2.24, 2.45) is 0 Å². The van der Waals surface area contributed by atoms with E-state index in [1.807, 2.05) is 0 Å². The van der Waals surface area contributed by atoms with Crippen molar-refractivity contribution < 1.29 is 23.9 Å². The number of amides is 1. The second-order valence-electron chi connectivity index (χ2n) is 5.84. The third-order valence-electron chi connectivity index (χ3n) is 4.02. The molecule has 0 atom stereocenters. The van der Waals surface area contributed by atoms with Gasteiger partial charge in [-0.25, -0.2) is 9.78 Å². The number of carbonyl (C=O) groups is 3. The number of esters is 1. The monoisotopic (exact) mass is 354 g/mol. The van der Waals surface area contributed by atoms with Crippen molar-refractivity contribution in [1.29, 1.82) is 0 Å². The number of hydrogen-bond acceptors (Lipinski definition) is 6. The fraction of sp³-hybridized carbons (Fsp3) is 0.263. The summed E-state index contributed by atoms with van der Waals surface area (Å²) in [5.74, 6) is -0.732. The summed E-state index contributed by atoms with van der Waals surface area (Å²) in [6.45, 7) is -0.410. The van der Waals surface area contributed by atoms with Crippen LogP contribution in [0.4, 0.5) is 5.69 Å². The number of benzene rings is 1. The first-order valence-electron chi connectivity index (χ1n) is 8.21. The molecule has 0 spiro atoms. The lowest BCUT2D eigenvalue weighted by molar-refractivity contribution is -0.116. The van der Waals surface area contributed by atoms with Crippen molar-refractivity contribution in [1.82, 2.24) is 4.98 Å². The van der Waals surface area contributed by atoms with Gasteiger partial charge in [-0.3, -0.25) is 9.59 Å². The van der Waals surface area contributed by atoms with Crippen LogP contribution in [-0.4, -0.2) is 36.4 Å². The molecule has 1 amide bonds. The molecule has 0 bridgehead atoms. The Kier molecular flexibility index (Phi) is 5.26. The molecular weight excluding hydrogens is 336 g/mol. The Morgan fingerprint density at radius 3 is 2.85 bits per heavy atom. The molecule has 0 radical (unpaired) electrons. The normalized spacial score (nSPS) is 13.2. The van der Waals surface area contributed by atoms with E-state index in [4.69, 9.17) is 9.47 Å². The number of ketones is 1. The molecular formula is C19H18N2O5. The molecule has 1 aromatic carbocycles. The van der Waals surface area contributed by atoms with Gasteiger partial charge in [-0.1, -0.05) is 6.07 Å². The van der Waals surface area contributed by atoms with E-state index in [2.05, 4.69) is 10.3 Å².